The number of carbonyl (C=O) groups excluding carboxylic acids is 1. The standard InChI is InChI=1S/C12H17N5O/c1-5-7-10(8-6-2)9-11-13-15-17(14-11)12(18)16(3)4/h5-8H,1,9H2,2-4H3/b8-6-,10-7+. The number of aromatic nitrogens is 4. The van der Waals surface area contributed by atoms with Gasteiger partial charge in [0.15, 0.2) is 5.82 Å². The van der Waals surface area contributed by atoms with Crippen molar-refractivity contribution in [3.8, 4) is 0 Å². The van der Waals surface area contributed by atoms with Crippen LogP contribution in [0.2, 0.25) is 0 Å². The molecule has 0 radical (unpaired) electrons. The van der Waals surface area contributed by atoms with E-state index in [0.29, 0.717) is 12.2 Å². The molecule has 0 fully saturated rings. The first kappa shape index (κ1) is 13.8. The van der Waals surface area contributed by atoms with E-state index in [4.69, 9.17) is 0 Å². The van der Waals surface area contributed by atoms with Crippen molar-refractivity contribution in [2.24, 2.45) is 0 Å². The third-order valence-corrected chi connectivity index (χ3v) is 2.08. The van der Waals surface area contributed by atoms with Crippen LogP contribution >= 0.6 is 0 Å². The smallest absolute Gasteiger partial charge is 0.328 e. The number of rotatable bonds is 4. The fourth-order valence-corrected chi connectivity index (χ4v) is 1.30. The molecule has 0 atom stereocenters. The Balaban J connectivity index is 2.83. The quantitative estimate of drug-likeness (QED) is 0.755. The van der Waals surface area contributed by atoms with Crippen molar-refractivity contribution >= 4 is 6.03 Å². The van der Waals surface area contributed by atoms with E-state index in [9.17, 15) is 4.79 Å². The zero-order valence-corrected chi connectivity index (χ0v) is 10.9. The van der Waals surface area contributed by atoms with Crippen molar-refractivity contribution in [2.75, 3.05) is 14.1 Å². The minimum atomic E-state index is -0.325. The van der Waals surface area contributed by atoms with Gasteiger partial charge >= 0.3 is 6.03 Å². The second kappa shape index (κ2) is 6.48. The van der Waals surface area contributed by atoms with E-state index in [1.54, 1.807) is 20.2 Å². The summed E-state index contributed by atoms with van der Waals surface area (Å²) in [6, 6.07) is -0.325. The Hall–Kier alpha value is -2.24. The monoisotopic (exact) mass is 247 g/mol. The average molecular weight is 247 g/mol. The van der Waals surface area contributed by atoms with E-state index in [2.05, 4.69) is 22.0 Å². The molecule has 1 aromatic rings. The molecule has 0 aliphatic rings. The van der Waals surface area contributed by atoms with Gasteiger partial charge in [0, 0.05) is 20.5 Å². The zero-order chi connectivity index (χ0) is 13.5. The maximum atomic E-state index is 11.6. The Kier molecular flexibility index (Phi) is 4.98. The summed E-state index contributed by atoms with van der Waals surface area (Å²) in [5.41, 5.74) is 1.00. The summed E-state index contributed by atoms with van der Waals surface area (Å²) in [5.74, 6) is 0.497. The lowest BCUT2D eigenvalue weighted by molar-refractivity contribution is 0.211. The molecule has 0 N–H and O–H groups in total. The lowest BCUT2D eigenvalue weighted by atomic mass is 10.1. The number of amides is 1. The van der Waals surface area contributed by atoms with Crippen LogP contribution in [0.1, 0.15) is 12.7 Å². The number of hydrogen-bond donors (Lipinski definition) is 0. The molecule has 1 amide bonds. The third-order valence-electron chi connectivity index (χ3n) is 2.08. The number of tetrazole rings is 1. The number of carbonyl (C=O) groups is 1. The molecule has 6 heteroatoms. The predicted octanol–water partition coefficient (Wildman–Crippen LogP) is 1.43. The molecule has 0 unspecified atom stereocenters. The highest BCUT2D eigenvalue weighted by molar-refractivity contribution is 5.73. The van der Waals surface area contributed by atoms with Crippen LogP contribution in [0.3, 0.4) is 0 Å². The molecule has 1 rings (SSSR count). The molecule has 0 aliphatic carbocycles. The minimum Gasteiger partial charge on any atom is -0.328 e. The van der Waals surface area contributed by atoms with Crippen molar-refractivity contribution in [1.29, 1.82) is 0 Å². The number of hydrogen-bond acceptors (Lipinski definition) is 4. The van der Waals surface area contributed by atoms with E-state index in [1.807, 2.05) is 25.2 Å². The van der Waals surface area contributed by atoms with Crippen LogP contribution in [0.5, 0.6) is 0 Å². The highest BCUT2D eigenvalue weighted by Crippen LogP contribution is 2.05. The van der Waals surface area contributed by atoms with Gasteiger partial charge in [0.25, 0.3) is 0 Å². The van der Waals surface area contributed by atoms with Gasteiger partial charge in [-0.1, -0.05) is 35.7 Å². The van der Waals surface area contributed by atoms with E-state index < -0.39 is 0 Å². The van der Waals surface area contributed by atoms with Gasteiger partial charge in [-0.05, 0) is 17.7 Å². The van der Waals surface area contributed by atoms with Gasteiger partial charge in [0.2, 0.25) is 0 Å². The van der Waals surface area contributed by atoms with Gasteiger partial charge in [-0.3, -0.25) is 0 Å². The molecular weight excluding hydrogens is 230 g/mol. The largest absolute Gasteiger partial charge is 0.362 e. The first-order valence-electron chi connectivity index (χ1n) is 5.53. The molecule has 0 saturated heterocycles. The average Bonchev–Trinajstić information content (AvgIpc) is 2.77. The normalized spacial score (nSPS) is 11.8. The molecule has 0 aliphatic heterocycles. The Morgan fingerprint density at radius 3 is 2.78 bits per heavy atom. The van der Waals surface area contributed by atoms with E-state index in [-0.39, 0.29) is 6.03 Å². The molecule has 0 saturated carbocycles. The second-order valence-electron chi connectivity index (χ2n) is 3.83. The predicted molar refractivity (Wildman–Crippen MR) is 69.1 cm³/mol. The van der Waals surface area contributed by atoms with Gasteiger partial charge in [-0.2, -0.15) is 0 Å². The number of nitrogens with zero attached hydrogens (tertiary/aromatic N) is 5. The van der Waals surface area contributed by atoms with Crippen LogP contribution in [-0.4, -0.2) is 45.2 Å². The molecule has 0 bridgehead atoms. The van der Waals surface area contributed by atoms with Crippen LogP contribution in [0.4, 0.5) is 4.79 Å². The van der Waals surface area contributed by atoms with Gasteiger partial charge in [-0.25, -0.2) is 4.79 Å². The van der Waals surface area contributed by atoms with Crippen molar-refractivity contribution in [1.82, 2.24) is 25.1 Å². The first-order chi connectivity index (χ1) is 8.58. The van der Waals surface area contributed by atoms with Crippen molar-refractivity contribution in [3.05, 3.63) is 42.3 Å². The Morgan fingerprint density at radius 1 is 1.50 bits per heavy atom. The Morgan fingerprint density at radius 2 is 2.22 bits per heavy atom. The Bertz CT molecular complexity index is 484. The van der Waals surface area contributed by atoms with Crippen LogP contribution in [0.15, 0.2) is 36.5 Å². The summed E-state index contributed by atoms with van der Waals surface area (Å²) in [6.07, 6.45) is 7.94. The molecule has 1 aromatic heterocycles. The highest BCUT2D eigenvalue weighted by atomic mass is 16.2. The van der Waals surface area contributed by atoms with E-state index in [0.717, 1.165) is 10.4 Å². The molecule has 0 aromatic carbocycles. The first-order valence-corrected chi connectivity index (χ1v) is 5.53. The molecule has 18 heavy (non-hydrogen) atoms. The van der Waals surface area contributed by atoms with Crippen LogP contribution in [0, 0.1) is 0 Å². The van der Waals surface area contributed by atoms with E-state index >= 15 is 0 Å². The van der Waals surface area contributed by atoms with Gasteiger partial charge in [-0.15, -0.1) is 10.2 Å². The van der Waals surface area contributed by atoms with E-state index in [1.165, 1.54) is 4.90 Å². The summed E-state index contributed by atoms with van der Waals surface area (Å²) in [4.78, 5) is 13.9. The van der Waals surface area contributed by atoms with Crippen LogP contribution in [0.25, 0.3) is 0 Å². The fourth-order valence-electron chi connectivity index (χ4n) is 1.30. The summed E-state index contributed by atoms with van der Waals surface area (Å²) in [7, 11) is 3.27. The second-order valence-corrected chi connectivity index (χ2v) is 3.83. The SMILES string of the molecule is C=C/C=C(\C=C/C)Cc1nnn(C(=O)N(C)C)n1. The lowest BCUT2D eigenvalue weighted by Crippen LogP contribution is -2.29. The minimum absolute atomic E-state index is 0.325. The molecule has 1 heterocycles. The Labute approximate surface area is 106 Å². The van der Waals surface area contributed by atoms with Crippen molar-refractivity contribution < 1.29 is 4.79 Å². The molecule has 96 valence electrons. The van der Waals surface area contributed by atoms with Gasteiger partial charge < -0.3 is 4.90 Å². The fraction of sp³-hybridized carbons (Fsp3) is 0.333. The molecular formula is C12H17N5O. The molecule has 0 spiro atoms. The maximum absolute atomic E-state index is 11.6. The highest BCUT2D eigenvalue weighted by Gasteiger charge is 2.12. The topological polar surface area (TPSA) is 63.9 Å². The maximum Gasteiger partial charge on any atom is 0.362 e. The third kappa shape index (κ3) is 3.65. The van der Waals surface area contributed by atoms with Crippen LogP contribution < -0.4 is 0 Å². The lowest BCUT2D eigenvalue weighted by Gasteiger charge is -2.06. The summed E-state index contributed by atoms with van der Waals surface area (Å²) in [6.45, 7) is 5.58. The van der Waals surface area contributed by atoms with Gasteiger partial charge in [0.1, 0.15) is 0 Å². The summed E-state index contributed by atoms with van der Waals surface area (Å²) >= 11 is 0. The number of allylic oxidation sites excluding steroid dienone is 5. The van der Waals surface area contributed by atoms with Gasteiger partial charge in [0.05, 0.1) is 0 Å². The summed E-state index contributed by atoms with van der Waals surface area (Å²) in [5, 5.41) is 11.6. The zero-order valence-electron chi connectivity index (χ0n) is 10.9. The van der Waals surface area contributed by atoms with Crippen LogP contribution in [-0.2, 0) is 6.42 Å². The summed E-state index contributed by atoms with van der Waals surface area (Å²) < 4.78 is 0. The van der Waals surface area contributed by atoms with Crippen molar-refractivity contribution in [3.63, 3.8) is 0 Å². The molecule has 6 nitrogen and oxygen atoms in total. The van der Waals surface area contributed by atoms with Crippen molar-refractivity contribution in [2.45, 2.75) is 13.3 Å².